The minimum Gasteiger partial charge on any atom is -0.495 e. The van der Waals surface area contributed by atoms with Gasteiger partial charge in [-0.3, -0.25) is 4.90 Å². The molecule has 1 aliphatic rings. The molecule has 2 rings (SSSR count). The van der Waals surface area contributed by atoms with Gasteiger partial charge in [0.15, 0.2) is 0 Å². The van der Waals surface area contributed by atoms with Crippen LogP contribution < -0.4 is 10.5 Å². The Kier molecular flexibility index (Phi) is 4.44. The molecule has 3 N–H and O–H groups in total. The van der Waals surface area contributed by atoms with Crippen LogP contribution in [0.5, 0.6) is 5.75 Å². The zero-order valence-corrected chi connectivity index (χ0v) is 10.9. The number of piperidine rings is 1. The van der Waals surface area contributed by atoms with Crippen molar-refractivity contribution in [2.75, 3.05) is 32.5 Å². The summed E-state index contributed by atoms with van der Waals surface area (Å²) in [6, 6.07) is 5.94. The van der Waals surface area contributed by atoms with Gasteiger partial charge in [-0.05, 0) is 43.0 Å². The molecule has 1 fully saturated rings. The van der Waals surface area contributed by atoms with Gasteiger partial charge in [0.2, 0.25) is 0 Å². The van der Waals surface area contributed by atoms with E-state index in [1.807, 2.05) is 12.1 Å². The van der Waals surface area contributed by atoms with Gasteiger partial charge in [-0.1, -0.05) is 6.07 Å². The molecule has 0 aromatic heterocycles. The molecule has 4 heteroatoms. The molecule has 1 unspecified atom stereocenters. The van der Waals surface area contributed by atoms with E-state index >= 15 is 0 Å². The third-order valence-corrected chi connectivity index (χ3v) is 3.56. The second-order valence-electron chi connectivity index (χ2n) is 5.00. The number of anilines is 1. The van der Waals surface area contributed by atoms with Gasteiger partial charge < -0.3 is 15.6 Å². The predicted molar refractivity (Wildman–Crippen MR) is 72.5 cm³/mol. The standard InChI is InChI=1S/C14H22N2O2/c1-18-14-5-4-11(7-13(14)15)8-16-6-2-3-12(9-16)10-17/h4-5,7,12,17H,2-3,6,8-10,15H2,1H3. The fraction of sp³-hybridized carbons (Fsp3) is 0.571. The van der Waals surface area contributed by atoms with Gasteiger partial charge in [0.05, 0.1) is 12.8 Å². The number of benzene rings is 1. The maximum absolute atomic E-state index is 9.22. The Labute approximate surface area is 108 Å². The molecule has 1 atom stereocenters. The van der Waals surface area contributed by atoms with Gasteiger partial charge in [-0.15, -0.1) is 0 Å². The average molecular weight is 250 g/mol. The lowest BCUT2D eigenvalue weighted by atomic mass is 9.98. The van der Waals surface area contributed by atoms with Crippen molar-refractivity contribution in [1.82, 2.24) is 4.90 Å². The number of aliphatic hydroxyl groups excluding tert-OH is 1. The number of hydrogen-bond acceptors (Lipinski definition) is 4. The Bertz CT molecular complexity index is 395. The van der Waals surface area contributed by atoms with Crippen LogP contribution in [0.3, 0.4) is 0 Å². The molecule has 0 saturated carbocycles. The highest BCUT2D eigenvalue weighted by molar-refractivity contribution is 5.54. The summed E-state index contributed by atoms with van der Waals surface area (Å²) < 4.78 is 5.15. The topological polar surface area (TPSA) is 58.7 Å². The van der Waals surface area contributed by atoms with Crippen LogP contribution >= 0.6 is 0 Å². The van der Waals surface area contributed by atoms with E-state index in [0.29, 0.717) is 18.2 Å². The van der Waals surface area contributed by atoms with Crippen molar-refractivity contribution in [2.24, 2.45) is 5.92 Å². The van der Waals surface area contributed by atoms with E-state index in [4.69, 9.17) is 10.5 Å². The summed E-state index contributed by atoms with van der Waals surface area (Å²) in [5.41, 5.74) is 7.79. The molecule has 0 radical (unpaired) electrons. The number of likely N-dealkylation sites (tertiary alicyclic amines) is 1. The maximum Gasteiger partial charge on any atom is 0.141 e. The lowest BCUT2D eigenvalue weighted by Gasteiger charge is -2.31. The van der Waals surface area contributed by atoms with E-state index in [2.05, 4.69) is 11.0 Å². The molecule has 1 aromatic rings. The molecule has 4 nitrogen and oxygen atoms in total. The third kappa shape index (κ3) is 3.15. The Balaban J connectivity index is 1.98. The van der Waals surface area contributed by atoms with E-state index < -0.39 is 0 Å². The summed E-state index contributed by atoms with van der Waals surface area (Å²) >= 11 is 0. The molecule has 1 aliphatic heterocycles. The molecule has 1 aromatic carbocycles. The zero-order chi connectivity index (χ0) is 13.0. The van der Waals surface area contributed by atoms with Crippen LogP contribution in [0.2, 0.25) is 0 Å². The molecular formula is C14H22N2O2. The van der Waals surface area contributed by atoms with E-state index in [1.54, 1.807) is 7.11 Å². The van der Waals surface area contributed by atoms with Crippen molar-refractivity contribution in [1.29, 1.82) is 0 Å². The van der Waals surface area contributed by atoms with Crippen LogP contribution in [0.15, 0.2) is 18.2 Å². The summed E-state index contributed by atoms with van der Waals surface area (Å²) in [5.74, 6) is 1.15. The highest BCUT2D eigenvalue weighted by Crippen LogP contribution is 2.24. The van der Waals surface area contributed by atoms with Crippen molar-refractivity contribution in [3.63, 3.8) is 0 Å². The first-order valence-corrected chi connectivity index (χ1v) is 6.48. The van der Waals surface area contributed by atoms with Gasteiger partial charge in [-0.25, -0.2) is 0 Å². The third-order valence-electron chi connectivity index (χ3n) is 3.56. The van der Waals surface area contributed by atoms with Crippen molar-refractivity contribution in [3.05, 3.63) is 23.8 Å². The van der Waals surface area contributed by atoms with Crippen LogP contribution in [-0.2, 0) is 6.54 Å². The molecule has 1 heterocycles. The zero-order valence-electron chi connectivity index (χ0n) is 10.9. The minimum absolute atomic E-state index is 0.293. The van der Waals surface area contributed by atoms with Crippen molar-refractivity contribution in [3.8, 4) is 5.75 Å². The molecule has 1 saturated heterocycles. The normalized spacial score (nSPS) is 20.9. The van der Waals surface area contributed by atoms with E-state index in [1.165, 1.54) is 5.56 Å². The molecule has 100 valence electrons. The first-order chi connectivity index (χ1) is 8.72. The van der Waals surface area contributed by atoms with Gasteiger partial charge in [0, 0.05) is 19.7 Å². The summed E-state index contributed by atoms with van der Waals surface area (Å²) in [6.45, 7) is 3.26. The summed E-state index contributed by atoms with van der Waals surface area (Å²) in [5, 5.41) is 9.22. The van der Waals surface area contributed by atoms with Crippen LogP contribution in [-0.4, -0.2) is 36.8 Å². The second kappa shape index (κ2) is 6.07. The molecule has 0 aliphatic carbocycles. The van der Waals surface area contributed by atoms with Crippen molar-refractivity contribution >= 4 is 5.69 Å². The first-order valence-electron chi connectivity index (χ1n) is 6.48. The number of ether oxygens (including phenoxy) is 1. The average Bonchev–Trinajstić information content (AvgIpc) is 2.39. The van der Waals surface area contributed by atoms with Gasteiger partial charge in [0.1, 0.15) is 5.75 Å². The molecule has 0 bridgehead atoms. The quantitative estimate of drug-likeness (QED) is 0.795. The molecule has 18 heavy (non-hydrogen) atoms. The smallest absolute Gasteiger partial charge is 0.141 e. The van der Waals surface area contributed by atoms with E-state index in [0.717, 1.165) is 38.2 Å². The first kappa shape index (κ1) is 13.2. The van der Waals surface area contributed by atoms with E-state index in [-0.39, 0.29) is 0 Å². The van der Waals surface area contributed by atoms with Gasteiger partial charge >= 0.3 is 0 Å². The SMILES string of the molecule is COc1ccc(CN2CCCC(CO)C2)cc1N. The van der Waals surface area contributed by atoms with Crippen LogP contribution in [0.4, 0.5) is 5.69 Å². The monoisotopic (exact) mass is 250 g/mol. The Morgan fingerprint density at radius 3 is 3.00 bits per heavy atom. The van der Waals surface area contributed by atoms with Crippen LogP contribution in [0, 0.1) is 5.92 Å². The second-order valence-corrected chi connectivity index (χ2v) is 5.00. The highest BCUT2D eigenvalue weighted by Gasteiger charge is 2.19. The maximum atomic E-state index is 9.22. The number of nitrogens with zero attached hydrogens (tertiary/aromatic N) is 1. The number of nitrogen functional groups attached to an aromatic ring is 1. The highest BCUT2D eigenvalue weighted by atomic mass is 16.5. The lowest BCUT2D eigenvalue weighted by Crippen LogP contribution is -2.36. The Hall–Kier alpha value is -1.26. The number of nitrogens with two attached hydrogens (primary N) is 1. The number of aliphatic hydroxyl groups is 1. The summed E-state index contributed by atoms with van der Waals surface area (Å²) in [6.07, 6.45) is 2.30. The number of methoxy groups -OCH3 is 1. The summed E-state index contributed by atoms with van der Waals surface area (Å²) in [4.78, 5) is 2.38. The molecular weight excluding hydrogens is 228 g/mol. The van der Waals surface area contributed by atoms with Gasteiger partial charge in [-0.2, -0.15) is 0 Å². The number of hydrogen-bond donors (Lipinski definition) is 2. The fourth-order valence-electron chi connectivity index (χ4n) is 2.58. The number of rotatable bonds is 4. The van der Waals surface area contributed by atoms with Crippen molar-refractivity contribution in [2.45, 2.75) is 19.4 Å². The minimum atomic E-state index is 0.293. The molecule has 0 spiro atoms. The predicted octanol–water partition coefficient (Wildman–Crippen LogP) is 1.48. The van der Waals surface area contributed by atoms with Crippen LogP contribution in [0.1, 0.15) is 18.4 Å². The largest absolute Gasteiger partial charge is 0.495 e. The Morgan fingerprint density at radius 1 is 1.50 bits per heavy atom. The fourth-order valence-corrected chi connectivity index (χ4v) is 2.58. The molecule has 0 amide bonds. The van der Waals surface area contributed by atoms with Crippen LogP contribution in [0.25, 0.3) is 0 Å². The summed E-state index contributed by atoms with van der Waals surface area (Å²) in [7, 11) is 1.63. The van der Waals surface area contributed by atoms with E-state index in [9.17, 15) is 5.11 Å². The Morgan fingerprint density at radius 2 is 2.33 bits per heavy atom. The van der Waals surface area contributed by atoms with Crippen molar-refractivity contribution < 1.29 is 9.84 Å². The van der Waals surface area contributed by atoms with Gasteiger partial charge in [0.25, 0.3) is 0 Å². The lowest BCUT2D eigenvalue weighted by molar-refractivity contribution is 0.116.